The zero-order valence-electron chi connectivity index (χ0n) is 26.5. The maximum atomic E-state index is 14.1. The molecule has 4 aromatic rings. The number of nitrogens with zero attached hydrogens (tertiary/aromatic N) is 3. The van der Waals surface area contributed by atoms with Crippen LogP contribution in [0.15, 0.2) is 52.9 Å². The van der Waals surface area contributed by atoms with E-state index >= 15 is 0 Å². The van der Waals surface area contributed by atoms with Gasteiger partial charge in [-0.1, -0.05) is 84.4 Å². The Morgan fingerprint density at radius 3 is 2.35 bits per heavy atom. The largest absolute Gasteiger partial charge is 0.435 e. The Labute approximate surface area is 302 Å². The lowest BCUT2D eigenvalue weighted by Gasteiger charge is -2.30. The number of benzene rings is 3. The molecule has 0 aliphatic heterocycles. The van der Waals surface area contributed by atoms with Gasteiger partial charge < -0.3 is 14.5 Å². The number of aryl methyl sites for hydroxylation is 1. The number of carbonyl (C=O) groups is 3. The second-order valence-corrected chi connectivity index (χ2v) is 14.1. The molecule has 2 saturated carbocycles. The zero-order valence-corrected chi connectivity index (χ0v) is 29.5. The number of ketones is 1. The third-order valence-electron chi connectivity index (χ3n) is 9.01. The van der Waals surface area contributed by atoms with Crippen LogP contribution in [0.4, 0.5) is 16.2 Å². The molecule has 2 aliphatic carbocycles. The number of allylic oxidation sites excluding steroid dienone is 1. The molecule has 2 amide bonds. The highest BCUT2D eigenvalue weighted by Crippen LogP contribution is 2.47. The van der Waals surface area contributed by atoms with Gasteiger partial charge >= 0.3 is 6.09 Å². The van der Waals surface area contributed by atoms with Crippen LogP contribution in [-0.4, -0.2) is 34.9 Å². The van der Waals surface area contributed by atoms with Crippen molar-refractivity contribution >= 4 is 98.3 Å². The van der Waals surface area contributed by atoms with Crippen LogP contribution in [0.2, 0.25) is 20.1 Å². The average molecular weight is 740 g/mol. The smallest absolute Gasteiger partial charge is 0.415 e. The molecule has 6 rings (SSSR count). The third-order valence-corrected chi connectivity index (χ3v) is 10.6. The summed E-state index contributed by atoms with van der Waals surface area (Å²) in [6, 6.07) is 15.8. The summed E-state index contributed by atoms with van der Waals surface area (Å²) >= 11 is 25.0. The second kappa shape index (κ2) is 14.0. The molecule has 2 fully saturated rings. The van der Waals surface area contributed by atoms with E-state index in [2.05, 4.69) is 16.4 Å². The van der Waals surface area contributed by atoms with Gasteiger partial charge in [0.1, 0.15) is 17.2 Å². The number of nitrogens with one attached hydrogen (secondary N) is 1. The predicted molar refractivity (Wildman–Crippen MR) is 191 cm³/mol. The van der Waals surface area contributed by atoms with Gasteiger partial charge in [-0.15, -0.1) is 0 Å². The average Bonchev–Trinajstić information content (AvgIpc) is 3.43. The standard InChI is InChI=1S/C36H30Cl4N4O5/c1-19-15-23(12-11-20(19)16-21(18-41)34-42-26-9-5-6-10-27(26)48-34)44(22-7-3-4-8-22)35(47)49-31(32(45)36(2)13-14-36)33(46)43-30-28(39)24(37)17-25(38)29(30)40/h5-6,9-12,15-17,22,31H,3-4,7-8,13-14H2,1-2H3,(H,43,46)/b21-16+. The molecule has 0 spiro atoms. The topological polar surface area (TPSA) is 126 Å². The van der Waals surface area contributed by atoms with Crippen molar-refractivity contribution in [3.8, 4) is 6.07 Å². The predicted octanol–water partition coefficient (Wildman–Crippen LogP) is 10.1. The maximum Gasteiger partial charge on any atom is 0.415 e. The van der Waals surface area contributed by atoms with Gasteiger partial charge in [-0.25, -0.2) is 9.78 Å². The summed E-state index contributed by atoms with van der Waals surface area (Å²) in [7, 11) is 0. The van der Waals surface area contributed by atoms with Crippen molar-refractivity contribution in [2.24, 2.45) is 5.41 Å². The highest BCUT2D eigenvalue weighted by molar-refractivity contribution is 6.50. The van der Waals surface area contributed by atoms with Crippen LogP contribution in [-0.2, 0) is 14.3 Å². The quantitative estimate of drug-likeness (QED) is 0.103. The van der Waals surface area contributed by atoms with Crippen molar-refractivity contribution < 1.29 is 23.5 Å². The number of carbonyl (C=O) groups excluding carboxylic acids is 3. The van der Waals surface area contributed by atoms with Gasteiger partial charge in [-0.3, -0.25) is 14.5 Å². The lowest BCUT2D eigenvalue weighted by Crippen LogP contribution is -2.47. The highest BCUT2D eigenvalue weighted by Gasteiger charge is 2.51. The molecule has 0 saturated heterocycles. The molecular formula is C36H30Cl4N4O5. The molecule has 0 radical (unpaired) electrons. The van der Waals surface area contributed by atoms with Crippen LogP contribution in [0, 0.1) is 23.7 Å². The number of hydrogen-bond acceptors (Lipinski definition) is 7. The SMILES string of the molecule is Cc1cc(N(C(=O)OC(C(=O)Nc2c(Cl)c(Cl)cc(Cl)c2Cl)C(=O)C2(C)CC2)C2CCCC2)ccc1/C=C(\C#N)c1nc2ccccc2o1. The summed E-state index contributed by atoms with van der Waals surface area (Å²) in [5.41, 5.74) is 2.52. The number of rotatable bonds is 9. The molecule has 252 valence electrons. The number of aromatic nitrogens is 1. The number of fused-ring (bicyclic) bond motifs is 1. The number of Topliss-reactive ketones (excluding diaryl/α,β-unsaturated/α-hetero) is 1. The summed E-state index contributed by atoms with van der Waals surface area (Å²) in [5, 5.41) is 12.4. The summed E-state index contributed by atoms with van der Waals surface area (Å²) in [5.74, 6) is -1.27. The van der Waals surface area contributed by atoms with E-state index in [-0.39, 0.29) is 43.3 Å². The van der Waals surface area contributed by atoms with Crippen molar-refractivity contribution in [2.75, 3.05) is 10.2 Å². The van der Waals surface area contributed by atoms with Crippen molar-refractivity contribution in [1.29, 1.82) is 5.26 Å². The number of nitriles is 1. The van der Waals surface area contributed by atoms with Gasteiger partial charge in [0.25, 0.3) is 5.91 Å². The van der Waals surface area contributed by atoms with Crippen molar-refractivity contribution in [2.45, 2.75) is 64.5 Å². The van der Waals surface area contributed by atoms with E-state index in [0.717, 1.165) is 18.4 Å². The summed E-state index contributed by atoms with van der Waals surface area (Å²) in [6.45, 7) is 3.58. The fraction of sp³-hybridized carbons (Fsp3) is 0.306. The van der Waals surface area contributed by atoms with Gasteiger partial charge in [-0.05, 0) is 80.1 Å². The molecule has 1 N–H and O–H groups in total. The lowest BCUT2D eigenvalue weighted by molar-refractivity contribution is -0.140. The molecule has 2 aliphatic rings. The molecule has 3 aromatic carbocycles. The fourth-order valence-electron chi connectivity index (χ4n) is 5.89. The van der Waals surface area contributed by atoms with E-state index in [4.69, 9.17) is 55.6 Å². The minimum atomic E-state index is -1.80. The number of anilines is 2. The Hall–Kier alpha value is -4.07. The van der Waals surface area contributed by atoms with E-state index in [9.17, 15) is 19.6 Å². The number of oxazole rings is 1. The first-order chi connectivity index (χ1) is 23.4. The van der Waals surface area contributed by atoms with Gasteiger partial charge in [0, 0.05) is 17.1 Å². The van der Waals surface area contributed by atoms with Crippen LogP contribution in [0.25, 0.3) is 22.7 Å². The Morgan fingerprint density at radius 1 is 1.06 bits per heavy atom. The maximum absolute atomic E-state index is 14.1. The Balaban J connectivity index is 1.30. The second-order valence-electron chi connectivity index (χ2n) is 12.5. The van der Waals surface area contributed by atoms with E-state index in [1.807, 2.05) is 19.1 Å². The Morgan fingerprint density at radius 2 is 1.73 bits per heavy atom. The molecule has 0 bridgehead atoms. The third kappa shape index (κ3) is 7.15. The molecule has 1 aromatic heterocycles. The van der Waals surface area contributed by atoms with E-state index in [0.29, 0.717) is 48.0 Å². The minimum absolute atomic E-state index is 0.0391. The molecule has 9 nitrogen and oxygen atoms in total. The first kappa shape index (κ1) is 34.8. The number of para-hydroxylation sites is 2. The molecule has 13 heteroatoms. The Bertz CT molecular complexity index is 2000. The first-order valence-electron chi connectivity index (χ1n) is 15.7. The van der Waals surface area contributed by atoms with Crippen molar-refractivity contribution in [3.63, 3.8) is 0 Å². The minimum Gasteiger partial charge on any atom is -0.435 e. The number of hydrogen-bond donors (Lipinski definition) is 1. The van der Waals surface area contributed by atoms with Crippen LogP contribution in [0.5, 0.6) is 0 Å². The van der Waals surface area contributed by atoms with Crippen LogP contribution in [0.3, 0.4) is 0 Å². The van der Waals surface area contributed by atoms with E-state index < -0.39 is 29.3 Å². The van der Waals surface area contributed by atoms with Crippen LogP contribution in [0.1, 0.15) is 62.5 Å². The lowest BCUT2D eigenvalue weighted by atomic mass is 9.98. The van der Waals surface area contributed by atoms with Gasteiger partial charge in [0.15, 0.2) is 11.4 Å². The van der Waals surface area contributed by atoms with Crippen LogP contribution >= 0.6 is 46.4 Å². The van der Waals surface area contributed by atoms with Gasteiger partial charge in [0.05, 0.1) is 25.8 Å². The molecule has 1 unspecified atom stereocenters. The normalized spacial score (nSPS) is 16.2. The Kier molecular flexibility index (Phi) is 9.97. The van der Waals surface area contributed by atoms with Gasteiger partial charge in [0.2, 0.25) is 12.0 Å². The highest BCUT2D eigenvalue weighted by atomic mass is 35.5. The monoisotopic (exact) mass is 738 g/mol. The van der Waals surface area contributed by atoms with E-state index in [1.54, 1.807) is 43.3 Å². The van der Waals surface area contributed by atoms with E-state index in [1.165, 1.54) is 11.0 Å². The van der Waals surface area contributed by atoms with Crippen molar-refractivity contribution in [1.82, 2.24) is 4.98 Å². The number of halogens is 4. The first-order valence-corrected chi connectivity index (χ1v) is 17.2. The van der Waals surface area contributed by atoms with Crippen LogP contribution < -0.4 is 10.2 Å². The van der Waals surface area contributed by atoms with Gasteiger partial charge in [-0.2, -0.15) is 5.26 Å². The summed E-state index contributed by atoms with van der Waals surface area (Å²) < 4.78 is 11.6. The molecular weight excluding hydrogens is 710 g/mol. The summed E-state index contributed by atoms with van der Waals surface area (Å²) in [4.78, 5) is 47.4. The van der Waals surface area contributed by atoms with Crippen molar-refractivity contribution in [3.05, 3.63) is 85.6 Å². The number of amides is 2. The number of ether oxygens (including phenoxy) is 1. The molecule has 49 heavy (non-hydrogen) atoms. The molecule has 1 atom stereocenters. The summed E-state index contributed by atoms with van der Waals surface area (Å²) in [6.07, 6.45) is 3.34. The fourth-order valence-corrected chi connectivity index (χ4v) is 6.79. The molecule has 1 heterocycles. The zero-order chi connectivity index (χ0) is 35.0.